The summed E-state index contributed by atoms with van der Waals surface area (Å²) < 4.78 is 9.71. The van der Waals surface area contributed by atoms with E-state index in [1.165, 1.54) is 12.0 Å². The Labute approximate surface area is 177 Å². The van der Waals surface area contributed by atoms with E-state index in [4.69, 9.17) is 16.3 Å². The van der Waals surface area contributed by atoms with Gasteiger partial charge in [0.2, 0.25) is 5.91 Å². The van der Waals surface area contributed by atoms with Crippen molar-refractivity contribution >= 4 is 46.7 Å². The summed E-state index contributed by atoms with van der Waals surface area (Å²) in [7, 11) is 1.28. The Balaban J connectivity index is 1.52. The van der Waals surface area contributed by atoms with Crippen molar-refractivity contribution in [1.29, 1.82) is 0 Å². The molecule has 0 saturated carbocycles. The van der Waals surface area contributed by atoms with Crippen LogP contribution in [0.2, 0.25) is 5.02 Å². The number of benzene rings is 2. The molecule has 0 bridgehead atoms. The molecule has 3 rings (SSSR count). The van der Waals surface area contributed by atoms with E-state index < -0.39 is 30.4 Å². The van der Waals surface area contributed by atoms with Crippen LogP contribution in [0.25, 0.3) is 0 Å². The number of anilines is 2. The molecule has 1 heterocycles. The zero-order chi connectivity index (χ0) is 21.7. The second-order valence-corrected chi connectivity index (χ2v) is 7.04. The summed E-state index contributed by atoms with van der Waals surface area (Å²) in [4.78, 5) is 49.5. The number of hydrogen-bond acceptors (Lipinski definition) is 6. The Morgan fingerprint density at radius 3 is 2.40 bits per heavy atom. The second kappa shape index (κ2) is 9.41. The first-order valence-electron chi connectivity index (χ1n) is 9.08. The molecule has 9 heteroatoms. The van der Waals surface area contributed by atoms with Crippen LogP contribution in [-0.4, -0.2) is 44.0 Å². The highest BCUT2D eigenvalue weighted by Crippen LogP contribution is 2.26. The number of hydrogen-bond donors (Lipinski definition) is 1. The van der Waals surface area contributed by atoms with Crippen LogP contribution >= 0.6 is 11.6 Å². The van der Waals surface area contributed by atoms with E-state index in [0.717, 1.165) is 0 Å². The fourth-order valence-electron chi connectivity index (χ4n) is 3.00. The van der Waals surface area contributed by atoms with E-state index in [1.54, 1.807) is 48.5 Å². The van der Waals surface area contributed by atoms with Gasteiger partial charge in [-0.05, 0) is 48.5 Å². The lowest BCUT2D eigenvalue weighted by Crippen LogP contribution is -2.28. The molecule has 1 atom stereocenters. The number of methoxy groups -OCH3 is 1. The summed E-state index contributed by atoms with van der Waals surface area (Å²) >= 11 is 5.79. The number of carbonyl (C=O) groups excluding carboxylic acids is 4. The quantitative estimate of drug-likeness (QED) is 0.707. The lowest BCUT2D eigenvalue weighted by Gasteiger charge is -2.16. The molecule has 156 valence electrons. The van der Waals surface area contributed by atoms with E-state index in [2.05, 4.69) is 10.1 Å². The molecular weight excluding hydrogens is 412 g/mol. The number of esters is 2. The third-order valence-electron chi connectivity index (χ3n) is 4.53. The molecule has 1 N–H and O–H groups in total. The van der Waals surface area contributed by atoms with Crippen molar-refractivity contribution in [3.05, 3.63) is 59.1 Å². The van der Waals surface area contributed by atoms with Crippen molar-refractivity contribution in [1.82, 2.24) is 0 Å². The first kappa shape index (κ1) is 21.3. The Morgan fingerprint density at radius 1 is 1.10 bits per heavy atom. The zero-order valence-electron chi connectivity index (χ0n) is 16.1. The molecule has 1 aliphatic heterocycles. The Hall–Kier alpha value is -3.39. The highest BCUT2D eigenvalue weighted by molar-refractivity contribution is 6.30. The van der Waals surface area contributed by atoms with E-state index in [1.807, 2.05) is 0 Å². The standard InChI is InChI=1S/C21H19ClN2O6/c1-29-20(27)13-2-8-17(9-3-13)24-11-14(10-19(24)26)21(28)30-12-18(25)23-16-6-4-15(22)5-7-16/h2-9,14H,10-12H2,1H3,(H,23,25)/t14-/m0/s1. The van der Waals surface area contributed by atoms with E-state index in [9.17, 15) is 19.2 Å². The Bertz CT molecular complexity index is 958. The minimum absolute atomic E-state index is 0.0175. The van der Waals surface area contributed by atoms with Gasteiger partial charge < -0.3 is 19.7 Å². The van der Waals surface area contributed by atoms with Gasteiger partial charge in [-0.15, -0.1) is 0 Å². The third kappa shape index (κ3) is 5.15. The molecule has 8 nitrogen and oxygen atoms in total. The predicted octanol–water partition coefficient (Wildman–Crippen LogP) is 2.66. The molecule has 2 aromatic rings. The van der Waals surface area contributed by atoms with Crippen LogP contribution < -0.4 is 10.2 Å². The molecule has 0 aromatic heterocycles. The van der Waals surface area contributed by atoms with Gasteiger partial charge in [-0.1, -0.05) is 11.6 Å². The van der Waals surface area contributed by atoms with Gasteiger partial charge in [-0.3, -0.25) is 14.4 Å². The van der Waals surface area contributed by atoms with Crippen molar-refractivity contribution in [2.45, 2.75) is 6.42 Å². The largest absolute Gasteiger partial charge is 0.465 e. The molecule has 30 heavy (non-hydrogen) atoms. The van der Waals surface area contributed by atoms with Crippen LogP contribution in [0, 0.1) is 5.92 Å². The number of carbonyl (C=O) groups is 4. The van der Waals surface area contributed by atoms with E-state index >= 15 is 0 Å². The van der Waals surface area contributed by atoms with E-state index in [0.29, 0.717) is 22.0 Å². The molecule has 0 radical (unpaired) electrons. The van der Waals surface area contributed by atoms with Gasteiger partial charge in [0.1, 0.15) is 0 Å². The average Bonchev–Trinajstić information content (AvgIpc) is 3.15. The number of nitrogens with one attached hydrogen (secondary N) is 1. The number of halogens is 1. The fraction of sp³-hybridized carbons (Fsp3) is 0.238. The minimum atomic E-state index is -0.680. The topological polar surface area (TPSA) is 102 Å². The highest BCUT2D eigenvalue weighted by atomic mass is 35.5. The molecule has 2 aromatic carbocycles. The van der Waals surface area contributed by atoms with Crippen molar-refractivity contribution in [3.8, 4) is 0 Å². The lowest BCUT2D eigenvalue weighted by atomic mass is 10.1. The summed E-state index contributed by atoms with van der Waals surface area (Å²) in [6.45, 7) is -0.325. The van der Waals surface area contributed by atoms with E-state index in [-0.39, 0.29) is 18.9 Å². The second-order valence-electron chi connectivity index (χ2n) is 6.61. The molecule has 1 saturated heterocycles. The van der Waals surface area contributed by atoms with Crippen LogP contribution in [0.3, 0.4) is 0 Å². The monoisotopic (exact) mass is 430 g/mol. The zero-order valence-corrected chi connectivity index (χ0v) is 16.8. The number of ether oxygens (including phenoxy) is 2. The summed E-state index contributed by atoms with van der Waals surface area (Å²) in [6.07, 6.45) is -0.0175. The summed E-state index contributed by atoms with van der Waals surface area (Å²) in [6, 6.07) is 12.8. The fourth-order valence-corrected chi connectivity index (χ4v) is 3.12. The van der Waals surface area contributed by atoms with Crippen LogP contribution in [0.5, 0.6) is 0 Å². The Morgan fingerprint density at radius 2 is 1.77 bits per heavy atom. The minimum Gasteiger partial charge on any atom is -0.465 e. The molecule has 1 fully saturated rings. The first-order valence-corrected chi connectivity index (χ1v) is 9.46. The van der Waals surface area contributed by atoms with Gasteiger partial charge in [0, 0.05) is 29.4 Å². The lowest BCUT2D eigenvalue weighted by molar-refractivity contribution is -0.151. The van der Waals surface area contributed by atoms with Gasteiger partial charge in [-0.25, -0.2) is 4.79 Å². The maximum Gasteiger partial charge on any atom is 0.337 e. The molecule has 0 unspecified atom stereocenters. The SMILES string of the molecule is COC(=O)c1ccc(N2C[C@@H](C(=O)OCC(=O)Nc3ccc(Cl)cc3)CC2=O)cc1. The predicted molar refractivity (Wildman–Crippen MR) is 109 cm³/mol. The van der Waals surface area contributed by atoms with Gasteiger partial charge in [0.05, 0.1) is 18.6 Å². The number of rotatable bonds is 6. The molecule has 0 aliphatic carbocycles. The molecule has 1 aliphatic rings. The number of nitrogens with zero attached hydrogens (tertiary/aromatic N) is 1. The third-order valence-corrected chi connectivity index (χ3v) is 4.78. The van der Waals surface area contributed by atoms with Crippen LogP contribution in [0.15, 0.2) is 48.5 Å². The normalized spacial score (nSPS) is 15.6. The molecular formula is C21H19ClN2O6. The first-order chi connectivity index (χ1) is 14.4. The van der Waals surface area contributed by atoms with Crippen LogP contribution in [0.1, 0.15) is 16.8 Å². The van der Waals surface area contributed by atoms with Gasteiger partial charge in [-0.2, -0.15) is 0 Å². The summed E-state index contributed by atoms with van der Waals surface area (Å²) in [5.74, 6) is -2.52. The highest BCUT2D eigenvalue weighted by Gasteiger charge is 2.36. The van der Waals surface area contributed by atoms with Gasteiger partial charge in [0.15, 0.2) is 6.61 Å². The molecule has 2 amide bonds. The summed E-state index contributed by atoms with van der Waals surface area (Å²) in [5, 5.41) is 3.12. The molecule has 0 spiro atoms. The maximum atomic E-state index is 12.3. The smallest absolute Gasteiger partial charge is 0.337 e. The van der Waals surface area contributed by atoms with Crippen LogP contribution in [-0.2, 0) is 23.9 Å². The number of amides is 2. The van der Waals surface area contributed by atoms with Gasteiger partial charge >= 0.3 is 11.9 Å². The van der Waals surface area contributed by atoms with Crippen molar-refractivity contribution < 1.29 is 28.7 Å². The Kier molecular flexibility index (Phi) is 6.68. The average molecular weight is 431 g/mol. The van der Waals surface area contributed by atoms with Crippen LogP contribution in [0.4, 0.5) is 11.4 Å². The van der Waals surface area contributed by atoms with Gasteiger partial charge in [0.25, 0.3) is 5.91 Å². The van der Waals surface area contributed by atoms with Crippen molar-refractivity contribution in [2.24, 2.45) is 5.92 Å². The maximum absolute atomic E-state index is 12.3. The van der Waals surface area contributed by atoms with Crippen molar-refractivity contribution in [2.75, 3.05) is 30.5 Å². The van der Waals surface area contributed by atoms with Crippen molar-refractivity contribution in [3.63, 3.8) is 0 Å². The summed E-state index contributed by atoms with van der Waals surface area (Å²) in [5.41, 5.74) is 1.44.